The molecule has 0 heterocycles. The molecule has 0 amide bonds. The lowest BCUT2D eigenvalue weighted by atomic mass is 10.3. The molecule has 4 nitrogen and oxygen atoms in total. The van der Waals surface area contributed by atoms with Gasteiger partial charge in [-0.3, -0.25) is 4.57 Å². The zero-order chi connectivity index (χ0) is 11.9. The summed E-state index contributed by atoms with van der Waals surface area (Å²) in [6.45, 7) is 7.08. The van der Waals surface area contributed by atoms with Crippen LogP contribution in [-0.4, -0.2) is 23.7 Å². The summed E-state index contributed by atoms with van der Waals surface area (Å²) in [6.07, 6.45) is 0.200. The molecule has 0 saturated carbocycles. The van der Waals surface area contributed by atoms with Gasteiger partial charge in [0.1, 0.15) is 0 Å². The normalized spacial score (nSPS) is 15.3. The van der Waals surface area contributed by atoms with E-state index in [-0.39, 0.29) is 19.6 Å². The van der Waals surface area contributed by atoms with Crippen molar-refractivity contribution in [1.82, 2.24) is 0 Å². The van der Waals surface area contributed by atoms with E-state index in [4.69, 9.17) is 9.05 Å². The average Bonchev–Trinajstić information content (AvgIpc) is 2.18. The van der Waals surface area contributed by atoms with Gasteiger partial charge in [-0.2, -0.15) is 0 Å². The highest BCUT2D eigenvalue weighted by atomic mass is 31.2. The summed E-state index contributed by atoms with van der Waals surface area (Å²) in [5, 5.41) is 8.41. The number of hydrogen-bond donors (Lipinski definition) is 1. The molecule has 0 rings (SSSR count). The Hall–Kier alpha value is -0.330. The molecule has 0 saturated heterocycles. The second-order valence-corrected chi connectivity index (χ2v) is 5.13. The molecule has 0 fully saturated rings. The highest BCUT2D eigenvalue weighted by Gasteiger charge is 2.47. The van der Waals surface area contributed by atoms with Crippen LogP contribution in [0.25, 0.3) is 0 Å². The van der Waals surface area contributed by atoms with Crippen molar-refractivity contribution in [3.63, 3.8) is 0 Å². The Labute approximate surface area is 91.5 Å². The van der Waals surface area contributed by atoms with E-state index in [1.165, 1.54) is 0 Å². The molecule has 88 valence electrons. The number of aliphatic hydroxyl groups is 1. The van der Waals surface area contributed by atoms with Gasteiger partial charge in [-0.15, -0.1) is 5.92 Å². The highest BCUT2D eigenvalue weighted by molar-refractivity contribution is 7.55. The molecule has 0 aromatic carbocycles. The summed E-state index contributed by atoms with van der Waals surface area (Å²) in [5.74, 6) is 5.06. The largest absolute Gasteiger partial charge is 0.374 e. The summed E-state index contributed by atoms with van der Waals surface area (Å²) in [6, 6.07) is 0. The van der Waals surface area contributed by atoms with Crippen molar-refractivity contribution in [2.75, 3.05) is 13.2 Å². The molecule has 0 radical (unpaired) electrons. The van der Waals surface area contributed by atoms with Crippen LogP contribution < -0.4 is 0 Å². The fourth-order valence-electron chi connectivity index (χ4n) is 1.14. The Bertz CT molecular complexity index is 282. The van der Waals surface area contributed by atoms with E-state index < -0.39 is 12.9 Å². The van der Waals surface area contributed by atoms with Gasteiger partial charge in [0.25, 0.3) is 0 Å². The van der Waals surface area contributed by atoms with Crippen molar-refractivity contribution in [3.8, 4) is 11.8 Å². The van der Waals surface area contributed by atoms with Crippen molar-refractivity contribution in [2.24, 2.45) is 0 Å². The van der Waals surface area contributed by atoms with Gasteiger partial charge >= 0.3 is 7.60 Å². The maximum absolute atomic E-state index is 12.3. The summed E-state index contributed by atoms with van der Waals surface area (Å²) >= 11 is 0. The van der Waals surface area contributed by atoms with Gasteiger partial charge in [0, 0.05) is 0 Å². The number of hydrogen-bond acceptors (Lipinski definition) is 4. The van der Waals surface area contributed by atoms with Crippen LogP contribution in [-0.2, 0) is 13.6 Å². The van der Waals surface area contributed by atoms with Crippen LogP contribution in [0.3, 0.4) is 0 Å². The minimum Gasteiger partial charge on any atom is -0.367 e. The second-order valence-electron chi connectivity index (χ2n) is 2.88. The summed E-state index contributed by atoms with van der Waals surface area (Å²) in [4.78, 5) is 0. The lowest BCUT2D eigenvalue weighted by Crippen LogP contribution is -2.28. The third-order valence-corrected chi connectivity index (χ3v) is 4.40. The molecule has 0 aromatic rings. The SMILES string of the molecule is CC#CC(O)(CC)P(=O)(OCC)OCC. The fourth-order valence-corrected chi connectivity index (χ4v) is 2.96. The summed E-state index contributed by atoms with van der Waals surface area (Å²) < 4.78 is 22.4. The Balaban J connectivity index is 5.15. The first-order valence-corrected chi connectivity index (χ1v) is 6.59. The van der Waals surface area contributed by atoms with Gasteiger partial charge in [0.2, 0.25) is 5.34 Å². The van der Waals surface area contributed by atoms with Crippen molar-refractivity contribution in [2.45, 2.75) is 39.5 Å². The standard InChI is InChI=1S/C10H19O4P/c1-5-9-10(11,6-2)15(12,13-7-3)14-8-4/h11H,6-8H2,1-4H3. The maximum Gasteiger partial charge on any atom is 0.374 e. The minimum atomic E-state index is -3.58. The van der Waals surface area contributed by atoms with Crippen molar-refractivity contribution >= 4 is 7.60 Å². The van der Waals surface area contributed by atoms with Gasteiger partial charge in [-0.1, -0.05) is 12.8 Å². The molecule has 1 unspecified atom stereocenters. The third kappa shape index (κ3) is 3.32. The third-order valence-electron chi connectivity index (χ3n) is 1.87. The first-order valence-electron chi connectivity index (χ1n) is 5.05. The molecule has 1 atom stereocenters. The van der Waals surface area contributed by atoms with Gasteiger partial charge in [0.15, 0.2) is 0 Å². The zero-order valence-corrected chi connectivity index (χ0v) is 10.6. The highest BCUT2D eigenvalue weighted by Crippen LogP contribution is 2.59. The Morgan fingerprint density at radius 2 is 1.73 bits per heavy atom. The first kappa shape index (κ1) is 14.7. The van der Waals surface area contributed by atoms with Crippen molar-refractivity contribution in [3.05, 3.63) is 0 Å². The molecule has 15 heavy (non-hydrogen) atoms. The monoisotopic (exact) mass is 234 g/mol. The first-order chi connectivity index (χ1) is 6.99. The molecule has 0 spiro atoms. The van der Waals surface area contributed by atoms with Crippen molar-refractivity contribution < 1.29 is 18.7 Å². The lowest BCUT2D eigenvalue weighted by Gasteiger charge is -2.29. The molecule has 0 aliphatic carbocycles. The number of rotatable bonds is 6. The molecular weight excluding hydrogens is 215 g/mol. The van der Waals surface area contributed by atoms with Crippen LogP contribution in [0.5, 0.6) is 0 Å². The minimum absolute atomic E-state index is 0.200. The molecule has 0 aliphatic rings. The van der Waals surface area contributed by atoms with Gasteiger partial charge < -0.3 is 14.2 Å². The van der Waals surface area contributed by atoms with E-state index in [2.05, 4.69) is 11.8 Å². The van der Waals surface area contributed by atoms with Crippen LogP contribution in [0.1, 0.15) is 34.1 Å². The summed E-state index contributed by atoms with van der Waals surface area (Å²) in [7, 11) is -3.58. The Morgan fingerprint density at radius 1 is 1.27 bits per heavy atom. The van der Waals surface area contributed by atoms with Crippen LogP contribution in [0.4, 0.5) is 0 Å². The van der Waals surface area contributed by atoms with Crippen LogP contribution in [0.15, 0.2) is 0 Å². The smallest absolute Gasteiger partial charge is 0.367 e. The van der Waals surface area contributed by atoms with Gasteiger partial charge in [-0.05, 0) is 27.2 Å². The average molecular weight is 234 g/mol. The second kappa shape index (κ2) is 6.30. The molecule has 0 bridgehead atoms. The van der Waals surface area contributed by atoms with Crippen LogP contribution >= 0.6 is 7.60 Å². The molecule has 0 aliphatic heterocycles. The van der Waals surface area contributed by atoms with Crippen LogP contribution in [0.2, 0.25) is 0 Å². The zero-order valence-electron chi connectivity index (χ0n) is 9.74. The van der Waals surface area contributed by atoms with E-state index in [1.807, 2.05) is 0 Å². The Kier molecular flexibility index (Phi) is 6.16. The lowest BCUT2D eigenvalue weighted by molar-refractivity contribution is 0.106. The molecule has 1 N–H and O–H groups in total. The van der Waals surface area contributed by atoms with E-state index in [0.717, 1.165) is 0 Å². The quantitative estimate of drug-likeness (QED) is 0.566. The van der Waals surface area contributed by atoms with E-state index in [9.17, 15) is 9.67 Å². The van der Waals surface area contributed by atoms with E-state index in [1.54, 1.807) is 27.7 Å². The summed E-state index contributed by atoms with van der Waals surface area (Å²) in [5.41, 5.74) is 0. The van der Waals surface area contributed by atoms with Crippen molar-refractivity contribution in [1.29, 1.82) is 0 Å². The Morgan fingerprint density at radius 3 is 2.00 bits per heavy atom. The van der Waals surface area contributed by atoms with E-state index in [0.29, 0.717) is 0 Å². The molecular formula is C10H19O4P. The topological polar surface area (TPSA) is 55.8 Å². The molecule has 5 heteroatoms. The van der Waals surface area contributed by atoms with Gasteiger partial charge in [0.05, 0.1) is 13.2 Å². The fraction of sp³-hybridized carbons (Fsp3) is 0.800. The van der Waals surface area contributed by atoms with Gasteiger partial charge in [-0.25, -0.2) is 0 Å². The van der Waals surface area contributed by atoms with Crippen LogP contribution in [0, 0.1) is 11.8 Å². The maximum atomic E-state index is 12.3. The predicted molar refractivity (Wildman–Crippen MR) is 59.5 cm³/mol. The van der Waals surface area contributed by atoms with E-state index >= 15 is 0 Å². The predicted octanol–water partition coefficient (Wildman–Crippen LogP) is 2.37. The molecule has 0 aromatic heterocycles.